The van der Waals surface area contributed by atoms with Crippen LogP contribution in [0.1, 0.15) is 0 Å². The number of hydrogen-bond acceptors (Lipinski definition) is 7. The van der Waals surface area contributed by atoms with Crippen molar-refractivity contribution in [3.05, 3.63) is 194 Å². The summed E-state index contributed by atoms with van der Waals surface area (Å²) in [5, 5.41) is 12.3. The molecule has 0 aliphatic heterocycles. The largest absolute Gasteiger partial charge is 0.247 e. The van der Waals surface area contributed by atoms with Gasteiger partial charge in [-0.2, -0.15) is 8.75 Å². The lowest BCUT2D eigenvalue weighted by atomic mass is 9.93. The smallest absolute Gasteiger partial charge is 0.164 e. The van der Waals surface area contributed by atoms with Crippen molar-refractivity contribution in [2.75, 3.05) is 0 Å². The molecule has 63 heavy (non-hydrogen) atoms. The van der Waals surface area contributed by atoms with Crippen molar-refractivity contribution in [1.29, 1.82) is 0 Å². The van der Waals surface area contributed by atoms with Crippen molar-refractivity contribution in [1.82, 2.24) is 28.7 Å². The van der Waals surface area contributed by atoms with E-state index >= 15 is 0 Å². The molecule has 7 heteroatoms. The van der Waals surface area contributed by atoms with Crippen LogP contribution in [-0.4, -0.2) is 28.7 Å². The van der Waals surface area contributed by atoms with Crippen LogP contribution in [0.3, 0.4) is 0 Å². The molecule has 0 spiro atoms. The summed E-state index contributed by atoms with van der Waals surface area (Å²) < 4.78 is 9.81. The summed E-state index contributed by atoms with van der Waals surface area (Å²) in [6.07, 6.45) is 0. The van der Waals surface area contributed by atoms with Gasteiger partial charge < -0.3 is 0 Å². The van der Waals surface area contributed by atoms with Gasteiger partial charge in [-0.3, -0.25) is 0 Å². The van der Waals surface area contributed by atoms with Gasteiger partial charge in [0.2, 0.25) is 0 Å². The molecule has 0 saturated carbocycles. The van der Waals surface area contributed by atoms with E-state index < -0.39 is 0 Å². The zero-order valence-electron chi connectivity index (χ0n) is 33.6. The van der Waals surface area contributed by atoms with Crippen LogP contribution in [0, 0.1) is 0 Å². The van der Waals surface area contributed by atoms with Crippen molar-refractivity contribution < 1.29 is 0 Å². The maximum Gasteiger partial charge on any atom is 0.164 e. The summed E-state index contributed by atoms with van der Waals surface area (Å²) in [6, 6.07) is 68.0. The first kappa shape index (κ1) is 35.5. The number of benzene rings is 10. The molecule has 0 fully saturated rings. The maximum atomic E-state index is 5.35. The number of para-hydroxylation sites is 1. The Balaban J connectivity index is 1.03. The molecular formula is C56H32N6S. The average Bonchev–Trinajstić information content (AvgIpc) is 3.86. The lowest BCUT2D eigenvalue weighted by Crippen LogP contribution is -2.01. The van der Waals surface area contributed by atoms with Crippen molar-refractivity contribution in [3.63, 3.8) is 0 Å². The molecule has 0 saturated heterocycles. The molecule has 0 N–H and O–H groups in total. The lowest BCUT2D eigenvalue weighted by molar-refractivity contribution is 1.08. The van der Waals surface area contributed by atoms with Crippen molar-refractivity contribution >= 4 is 87.5 Å². The summed E-state index contributed by atoms with van der Waals surface area (Å²) >= 11 is 1.24. The first-order chi connectivity index (χ1) is 31.2. The van der Waals surface area contributed by atoms with E-state index in [1.54, 1.807) is 0 Å². The van der Waals surface area contributed by atoms with Gasteiger partial charge in [0, 0.05) is 44.0 Å². The second kappa shape index (κ2) is 14.2. The monoisotopic (exact) mass is 820 g/mol. The number of nitrogens with zero attached hydrogens (tertiary/aromatic N) is 6. The molecule has 13 aromatic rings. The molecule has 0 aliphatic rings. The predicted octanol–water partition coefficient (Wildman–Crippen LogP) is 14.5. The van der Waals surface area contributed by atoms with Crippen LogP contribution in [-0.2, 0) is 0 Å². The van der Waals surface area contributed by atoms with Crippen LogP contribution in [0.2, 0.25) is 0 Å². The third-order valence-electron chi connectivity index (χ3n) is 12.4. The quantitative estimate of drug-likeness (QED) is 0.161. The average molecular weight is 821 g/mol. The van der Waals surface area contributed by atoms with Crippen LogP contribution in [0.4, 0.5) is 0 Å². The van der Waals surface area contributed by atoms with E-state index in [4.69, 9.17) is 28.7 Å². The van der Waals surface area contributed by atoms with Crippen molar-refractivity contribution in [2.45, 2.75) is 0 Å². The maximum absolute atomic E-state index is 5.35. The summed E-state index contributed by atoms with van der Waals surface area (Å²) in [4.78, 5) is 21.2. The van der Waals surface area contributed by atoms with E-state index in [0.717, 1.165) is 104 Å². The molecule has 292 valence electrons. The molecule has 6 nitrogen and oxygen atoms in total. The van der Waals surface area contributed by atoms with Gasteiger partial charge in [-0.15, -0.1) is 0 Å². The second-order valence-corrected chi connectivity index (χ2v) is 16.4. The second-order valence-electron chi connectivity index (χ2n) is 15.9. The first-order valence-corrected chi connectivity index (χ1v) is 21.7. The molecule has 0 unspecified atom stereocenters. The summed E-state index contributed by atoms with van der Waals surface area (Å²) in [6.45, 7) is 0. The predicted molar refractivity (Wildman–Crippen MR) is 261 cm³/mol. The minimum atomic E-state index is 0.594. The topological polar surface area (TPSA) is 77.3 Å². The normalized spacial score (nSPS) is 11.8. The van der Waals surface area contributed by atoms with Crippen LogP contribution in [0.5, 0.6) is 0 Å². The molecule has 0 atom stereocenters. The molecular weight excluding hydrogens is 789 g/mol. The highest BCUT2D eigenvalue weighted by molar-refractivity contribution is 7.00. The third kappa shape index (κ3) is 5.71. The Bertz CT molecular complexity index is 3840. The Kier molecular flexibility index (Phi) is 7.98. The zero-order chi connectivity index (χ0) is 41.4. The van der Waals surface area contributed by atoms with Gasteiger partial charge in [-0.1, -0.05) is 170 Å². The van der Waals surface area contributed by atoms with Gasteiger partial charge in [0.15, 0.2) is 17.5 Å². The minimum absolute atomic E-state index is 0.594. The Morgan fingerprint density at radius 1 is 0.302 bits per heavy atom. The third-order valence-corrected chi connectivity index (χ3v) is 12.9. The van der Waals surface area contributed by atoms with Crippen LogP contribution < -0.4 is 0 Å². The van der Waals surface area contributed by atoms with Crippen LogP contribution in [0.25, 0.3) is 132 Å². The van der Waals surface area contributed by atoms with E-state index in [-0.39, 0.29) is 0 Å². The van der Waals surface area contributed by atoms with E-state index in [9.17, 15) is 0 Å². The van der Waals surface area contributed by atoms with E-state index in [0.29, 0.717) is 17.5 Å². The van der Waals surface area contributed by atoms with Gasteiger partial charge in [-0.25, -0.2) is 19.9 Å². The molecule has 0 bridgehead atoms. The Labute approximate surface area is 365 Å². The first-order valence-electron chi connectivity index (χ1n) is 21.0. The fourth-order valence-corrected chi connectivity index (χ4v) is 9.99. The van der Waals surface area contributed by atoms with Crippen molar-refractivity contribution in [3.8, 4) is 56.5 Å². The Hall–Kier alpha value is -8.26. The van der Waals surface area contributed by atoms with Gasteiger partial charge in [0.05, 0.1) is 22.9 Å². The molecule has 3 aromatic heterocycles. The summed E-state index contributed by atoms with van der Waals surface area (Å²) in [5.74, 6) is 1.84. The van der Waals surface area contributed by atoms with E-state index in [1.807, 2.05) is 12.1 Å². The zero-order valence-corrected chi connectivity index (χ0v) is 34.4. The van der Waals surface area contributed by atoms with Gasteiger partial charge in [0.1, 0.15) is 11.0 Å². The fourth-order valence-electron chi connectivity index (χ4n) is 9.42. The van der Waals surface area contributed by atoms with Gasteiger partial charge >= 0.3 is 0 Å². The minimum Gasteiger partial charge on any atom is -0.247 e. The lowest BCUT2D eigenvalue weighted by Gasteiger charge is -2.15. The Morgan fingerprint density at radius 3 is 1.43 bits per heavy atom. The summed E-state index contributed by atoms with van der Waals surface area (Å²) in [7, 11) is 0. The van der Waals surface area contributed by atoms with Gasteiger partial charge in [0.25, 0.3) is 0 Å². The molecule has 10 aromatic carbocycles. The molecule has 0 aliphatic carbocycles. The molecule has 13 rings (SSSR count). The molecule has 0 amide bonds. The number of aromatic nitrogens is 6. The highest BCUT2D eigenvalue weighted by atomic mass is 32.1. The number of pyridine rings is 1. The van der Waals surface area contributed by atoms with Crippen LogP contribution >= 0.6 is 11.7 Å². The fraction of sp³-hybridized carbons (Fsp3) is 0. The van der Waals surface area contributed by atoms with Gasteiger partial charge in [-0.05, 0) is 72.9 Å². The summed E-state index contributed by atoms with van der Waals surface area (Å²) in [5.41, 5.74) is 9.46. The molecule has 3 heterocycles. The van der Waals surface area contributed by atoms with Crippen molar-refractivity contribution in [2.24, 2.45) is 0 Å². The SMILES string of the molecule is c1ccc(-c2nc3ccccc3c3c2cc(-c2ccc(-c4nc(-c5cc6ccccc6c6ccccc56)nc(-c5cc6ccccc6c6ccccc56)n4)cc2)c2nsnc23)cc1. The number of fused-ring (bicyclic) bond motifs is 11. The highest BCUT2D eigenvalue weighted by Gasteiger charge is 2.21. The number of hydrogen-bond donors (Lipinski definition) is 0. The van der Waals surface area contributed by atoms with E-state index in [2.05, 4.69) is 182 Å². The number of rotatable bonds is 5. The Morgan fingerprint density at radius 2 is 0.794 bits per heavy atom. The highest BCUT2D eigenvalue weighted by Crippen LogP contribution is 2.42. The standard InChI is InChI=1S/C56H32N6S/c1-2-14-34(15-3-1)51-48-32-45(52-53(62-63-61-52)50(48)44-24-12-13-25-49(44)57-51)33-26-28-35(29-27-33)54-58-55(46-30-36-16-4-6-18-38(36)40-20-8-10-22-42(40)46)60-56(59-54)47-31-37-17-5-7-19-39(37)41-21-9-11-23-43(41)47/h1-32H. The van der Waals surface area contributed by atoms with E-state index in [1.165, 1.54) is 22.5 Å². The molecule has 0 radical (unpaired) electrons. The van der Waals surface area contributed by atoms with Crippen LogP contribution in [0.15, 0.2) is 194 Å².